The van der Waals surface area contributed by atoms with Crippen LogP contribution in [0.25, 0.3) is 0 Å². The summed E-state index contributed by atoms with van der Waals surface area (Å²) in [5, 5.41) is 2.68. The zero-order valence-corrected chi connectivity index (χ0v) is 10.5. The van der Waals surface area contributed by atoms with Crippen molar-refractivity contribution >= 4 is 34.7 Å². The fourth-order valence-electron chi connectivity index (χ4n) is 1.29. The Kier molecular flexibility index (Phi) is 4.06. The maximum Gasteiger partial charge on any atom is 0.225 e. The fourth-order valence-corrected chi connectivity index (χ4v) is 2.38. The van der Waals surface area contributed by atoms with E-state index in [4.69, 9.17) is 11.6 Å². The van der Waals surface area contributed by atoms with Crippen molar-refractivity contribution in [3.8, 4) is 0 Å². The van der Waals surface area contributed by atoms with Gasteiger partial charge in [0.05, 0.1) is 10.5 Å². The van der Waals surface area contributed by atoms with Crippen LogP contribution in [0.4, 0.5) is 5.82 Å². The first-order chi connectivity index (χ1) is 8.24. The van der Waals surface area contributed by atoms with Gasteiger partial charge in [-0.2, -0.15) is 0 Å². The van der Waals surface area contributed by atoms with Crippen molar-refractivity contribution in [3.63, 3.8) is 0 Å². The number of nitrogens with one attached hydrogen (secondary N) is 1. The van der Waals surface area contributed by atoms with Crippen LogP contribution in [0.1, 0.15) is 11.3 Å². The largest absolute Gasteiger partial charge is 0.309 e. The number of thiophene rings is 1. The highest BCUT2D eigenvalue weighted by Gasteiger charge is 2.05. The van der Waals surface area contributed by atoms with Crippen LogP contribution in [-0.2, 0) is 11.2 Å². The number of hydrogen-bond acceptors (Lipinski definition) is 4. The van der Waals surface area contributed by atoms with Gasteiger partial charge in [-0.1, -0.05) is 11.6 Å². The standard InChI is InChI=1S/C11H10ClN3OS/c12-9-3-1-8(17-9)2-4-11(16)15-10-7-13-5-6-14-10/h1,3,5-7H,2,4H2,(H,14,15,16). The van der Waals surface area contributed by atoms with Crippen molar-refractivity contribution in [1.29, 1.82) is 0 Å². The molecule has 0 fully saturated rings. The van der Waals surface area contributed by atoms with Crippen LogP contribution in [0.3, 0.4) is 0 Å². The molecule has 6 heteroatoms. The molecule has 0 radical (unpaired) electrons. The molecule has 1 amide bonds. The molecule has 0 aromatic carbocycles. The third kappa shape index (κ3) is 3.80. The first-order valence-corrected chi connectivity index (χ1v) is 6.23. The van der Waals surface area contributed by atoms with Gasteiger partial charge in [-0.15, -0.1) is 11.3 Å². The summed E-state index contributed by atoms with van der Waals surface area (Å²) >= 11 is 7.30. The van der Waals surface area contributed by atoms with Crippen molar-refractivity contribution in [2.24, 2.45) is 0 Å². The molecule has 0 atom stereocenters. The maximum absolute atomic E-state index is 11.6. The summed E-state index contributed by atoms with van der Waals surface area (Å²) in [5.74, 6) is 0.400. The number of rotatable bonds is 4. The lowest BCUT2D eigenvalue weighted by Crippen LogP contribution is -2.13. The summed E-state index contributed by atoms with van der Waals surface area (Å²) in [6.07, 6.45) is 5.70. The molecule has 2 heterocycles. The van der Waals surface area contributed by atoms with Crippen molar-refractivity contribution in [3.05, 3.63) is 39.9 Å². The second kappa shape index (κ2) is 5.75. The SMILES string of the molecule is O=C(CCc1ccc(Cl)s1)Nc1cnccn1. The molecule has 4 nitrogen and oxygen atoms in total. The first kappa shape index (κ1) is 12.0. The smallest absolute Gasteiger partial charge is 0.225 e. The number of carbonyl (C=O) groups excluding carboxylic acids is 1. The predicted octanol–water partition coefficient (Wildman–Crippen LogP) is 2.76. The molecule has 0 unspecified atom stereocenters. The van der Waals surface area contributed by atoms with Gasteiger partial charge in [-0.3, -0.25) is 9.78 Å². The molecule has 0 aliphatic rings. The van der Waals surface area contributed by atoms with Crippen molar-refractivity contribution in [2.45, 2.75) is 12.8 Å². The third-order valence-corrected chi connectivity index (χ3v) is 3.35. The van der Waals surface area contributed by atoms with E-state index < -0.39 is 0 Å². The highest BCUT2D eigenvalue weighted by Crippen LogP contribution is 2.22. The second-order valence-corrected chi connectivity index (χ2v) is 5.14. The highest BCUT2D eigenvalue weighted by atomic mass is 35.5. The van der Waals surface area contributed by atoms with Crippen LogP contribution in [0.2, 0.25) is 4.34 Å². The molecule has 2 aromatic rings. The predicted molar refractivity (Wildman–Crippen MR) is 68.3 cm³/mol. The summed E-state index contributed by atoms with van der Waals surface area (Å²) in [4.78, 5) is 20.5. The average molecular weight is 268 g/mol. The van der Waals surface area contributed by atoms with Crippen LogP contribution >= 0.6 is 22.9 Å². The quantitative estimate of drug-likeness (QED) is 0.927. The molecule has 2 aromatic heterocycles. The first-order valence-electron chi connectivity index (χ1n) is 5.04. The highest BCUT2D eigenvalue weighted by molar-refractivity contribution is 7.16. The van der Waals surface area contributed by atoms with E-state index in [-0.39, 0.29) is 5.91 Å². The van der Waals surface area contributed by atoms with Crippen LogP contribution < -0.4 is 5.32 Å². The van der Waals surface area contributed by atoms with Gasteiger partial charge in [0.15, 0.2) is 5.82 Å². The summed E-state index contributed by atoms with van der Waals surface area (Å²) in [7, 11) is 0. The van der Waals surface area contributed by atoms with E-state index >= 15 is 0 Å². The number of halogens is 1. The van der Waals surface area contributed by atoms with E-state index in [0.29, 0.717) is 18.7 Å². The Morgan fingerprint density at radius 1 is 1.41 bits per heavy atom. The van der Waals surface area contributed by atoms with Gasteiger partial charge in [-0.05, 0) is 18.6 Å². The number of aryl methyl sites for hydroxylation is 1. The molecule has 2 rings (SSSR count). The number of aromatic nitrogens is 2. The lowest BCUT2D eigenvalue weighted by molar-refractivity contribution is -0.116. The third-order valence-electron chi connectivity index (χ3n) is 2.06. The summed E-state index contributed by atoms with van der Waals surface area (Å²) in [6.45, 7) is 0. The van der Waals surface area contributed by atoms with E-state index in [0.717, 1.165) is 9.21 Å². The Hall–Kier alpha value is -1.46. The van der Waals surface area contributed by atoms with E-state index in [2.05, 4.69) is 15.3 Å². The monoisotopic (exact) mass is 267 g/mol. The van der Waals surface area contributed by atoms with E-state index in [1.54, 1.807) is 6.20 Å². The van der Waals surface area contributed by atoms with E-state index in [1.165, 1.54) is 23.7 Å². The van der Waals surface area contributed by atoms with Gasteiger partial charge < -0.3 is 5.32 Å². The molecule has 0 aliphatic heterocycles. The fraction of sp³-hybridized carbons (Fsp3) is 0.182. The molecule has 1 N–H and O–H groups in total. The Morgan fingerprint density at radius 2 is 2.29 bits per heavy atom. The molecule has 0 aliphatic carbocycles. The van der Waals surface area contributed by atoms with Gasteiger partial charge in [0, 0.05) is 23.7 Å². The van der Waals surface area contributed by atoms with Crippen LogP contribution in [0.5, 0.6) is 0 Å². The summed E-state index contributed by atoms with van der Waals surface area (Å²) in [5.41, 5.74) is 0. The molecule has 17 heavy (non-hydrogen) atoms. The topological polar surface area (TPSA) is 54.9 Å². The van der Waals surface area contributed by atoms with Gasteiger partial charge >= 0.3 is 0 Å². The molecule has 0 saturated carbocycles. The lowest BCUT2D eigenvalue weighted by atomic mass is 10.2. The van der Waals surface area contributed by atoms with Crippen LogP contribution in [-0.4, -0.2) is 15.9 Å². The average Bonchev–Trinajstić information content (AvgIpc) is 2.74. The van der Waals surface area contributed by atoms with Crippen molar-refractivity contribution < 1.29 is 4.79 Å². The van der Waals surface area contributed by atoms with Crippen molar-refractivity contribution in [1.82, 2.24) is 9.97 Å². The van der Waals surface area contributed by atoms with Gasteiger partial charge in [0.25, 0.3) is 0 Å². The molecule has 0 bridgehead atoms. The van der Waals surface area contributed by atoms with E-state index in [1.807, 2.05) is 12.1 Å². The molecule has 88 valence electrons. The Labute approximate surface area is 108 Å². The van der Waals surface area contributed by atoms with Gasteiger partial charge in [-0.25, -0.2) is 4.98 Å². The minimum Gasteiger partial charge on any atom is -0.309 e. The molecular weight excluding hydrogens is 258 g/mol. The lowest BCUT2D eigenvalue weighted by Gasteiger charge is -2.02. The van der Waals surface area contributed by atoms with E-state index in [9.17, 15) is 4.79 Å². The molecule has 0 spiro atoms. The Morgan fingerprint density at radius 3 is 2.94 bits per heavy atom. The van der Waals surface area contributed by atoms with Crippen LogP contribution in [0, 0.1) is 0 Å². The number of amides is 1. The van der Waals surface area contributed by atoms with Gasteiger partial charge in [0.2, 0.25) is 5.91 Å². The van der Waals surface area contributed by atoms with Gasteiger partial charge in [0.1, 0.15) is 0 Å². The number of anilines is 1. The van der Waals surface area contributed by atoms with Crippen molar-refractivity contribution in [2.75, 3.05) is 5.32 Å². The zero-order valence-electron chi connectivity index (χ0n) is 8.89. The number of hydrogen-bond donors (Lipinski definition) is 1. The second-order valence-electron chi connectivity index (χ2n) is 3.34. The number of carbonyl (C=O) groups is 1. The van der Waals surface area contributed by atoms with Crippen LogP contribution in [0.15, 0.2) is 30.7 Å². The minimum atomic E-state index is -0.0741. The zero-order chi connectivity index (χ0) is 12.1. The Balaban J connectivity index is 1.82. The minimum absolute atomic E-state index is 0.0741. The molecule has 0 saturated heterocycles. The number of nitrogens with zero attached hydrogens (tertiary/aromatic N) is 2. The summed E-state index contributed by atoms with van der Waals surface area (Å²) < 4.78 is 0.745. The summed E-state index contributed by atoms with van der Waals surface area (Å²) in [6, 6.07) is 3.77. The maximum atomic E-state index is 11.6. The Bertz CT molecular complexity index is 500. The molecular formula is C11H10ClN3OS. The normalized spacial score (nSPS) is 10.2.